The number of rotatable bonds is 7. The molecule has 3 rings (SSSR count). The number of amides is 1. The predicted molar refractivity (Wildman–Crippen MR) is 130 cm³/mol. The molecule has 3 aromatic rings. The molecule has 1 atom stereocenters. The van der Waals surface area contributed by atoms with Crippen molar-refractivity contribution < 1.29 is 22.4 Å². The molecular weight excluding hydrogens is 503 g/mol. The zero-order valence-corrected chi connectivity index (χ0v) is 20.4. The van der Waals surface area contributed by atoms with Crippen LogP contribution in [0.1, 0.15) is 51.0 Å². The first kappa shape index (κ1) is 26.7. The van der Waals surface area contributed by atoms with Crippen LogP contribution in [-0.4, -0.2) is 17.1 Å². The van der Waals surface area contributed by atoms with Gasteiger partial charge in [0.05, 0.1) is 10.9 Å². The van der Waals surface area contributed by atoms with Gasteiger partial charge in [0.15, 0.2) is 0 Å². The van der Waals surface area contributed by atoms with Gasteiger partial charge in [-0.1, -0.05) is 66.5 Å². The molecule has 0 aliphatic heterocycles. The number of alkyl halides is 3. The van der Waals surface area contributed by atoms with Crippen LogP contribution in [0.3, 0.4) is 0 Å². The number of nitrogens with one attached hydrogen (secondary N) is 1. The lowest BCUT2D eigenvalue weighted by atomic mass is 9.94. The molecule has 1 amide bonds. The zero-order valence-electron chi connectivity index (χ0n) is 18.9. The molecule has 0 saturated carbocycles. The molecule has 0 radical (unpaired) electrons. The van der Waals surface area contributed by atoms with Crippen molar-refractivity contribution in [3.63, 3.8) is 0 Å². The summed E-state index contributed by atoms with van der Waals surface area (Å²) in [6, 6.07) is 10.4. The molecule has 3 nitrogen and oxygen atoms in total. The molecule has 0 spiro atoms. The quantitative estimate of drug-likeness (QED) is 0.254. The van der Waals surface area contributed by atoms with Crippen LogP contribution in [0.4, 0.5) is 17.6 Å². The van der Waals surface area contributed by atoms with Crippen LogP contribution in [0.2, 0.25) is 10.2 Å². The van der Waals surface area contributed by atoms with Crippen LogP contribution in [0.15, 0.2) is 54.7 Å². The summed E-state index contributed by atoms with van der Waals surface area (Å²) in [4.78, 5) is 16.7. The predicted octanol–water partition coefficient (Wildman–Crippen LogP) is 7.69. The molecule has 0 aliphatic carbocycles. The summed E-state index contributed by atoms with van der Waals surface area (Å²) in [5.41, 5.74) is 2.12. The molecule has 9 heteroatoms. The van der Waals surface area contributed by atoms with Gasteiger partial charge in [-0.3, -0.25) is 4.79 Å². The van der Waals surface area contributed by atoms with Crippen molar-refractivity contribution >= 4 is 35.2 Å². The number of carbonyl (C=O) groups is 1. The Morgan fingerprint density at radius 3 is 2.51 bits per heavy atom. The van der Waals surface area contributed by atoms with Crippen LogP contribution in [0.25, 0.3) is 6.08 Å². The van der Waals surface area contributed by atoms with Gasteiger partial charge < -0.3 is 5.32 Å². The van der Waals surface area contributed by atoms with Crippen molar-refractivity contribution in [2.45, 2.75) is 38.9 Å². The van der Waals surface area contributed by atoms with E-state index in [-0.39, 0.29) is 28.6 Å². The Balaban J connectivity index is 1.83. The van der Waals surface area contributed by atoms with Gasteiger partial charge >= 0.3 is 6.18 Å². The highest BCUT2D eigenvalue weighted by molar-refractivity contribution is 6.31. The van der Waals surface area contributed by atoms with E-state index in [0.717, 1.165) is 18.2 Å². The fraction of sp³-hybridized carbons (Fsp3) is 0.231. The minimum atomic E-state index is -4.61. The van der Waals surface area contributed by atoms with E-state index in [1.54, 1.807) is 36.5 Å². The number of halogens is 6. The number of carbonyl (C=O) groups excluding carboxylic acids is 1. The zero-order chi connectivity index (χ0) is 25.8. The Hall–Kier alpha value is -2.90. The second kappa shape index (κ2) is 11.2. The Kier molecular flexibility index (Phi) is 8.56. The minimum Gasteiger partial charge on any atom is -0.348 e. The Bertz CT molecular complexity index is 1240. The van der Waals surface area contributed by atoms with E-state index in [2.05, 4.69) is 10.3 Å². The van der Waals surface area contributed by atoms with Crippen molar-refractivity contribution in [2.24, 2.45) is 0 Å². The smallest absolute Gasteiger partial charge is 0.348 e. The molecular formula is C26H22Cl2F4N2O. The van der Waals surface area contributed by atoms with Crippen molar-refractivity contribution in [1.29, 1.82) is 0 Å². The maximum Gasteiger partial charge on any atom is 0.399 e. The number of aromatic nitrogens is 1. The number of nitrogens with zero attached hydrogens (tertiary/aromatic N) is 1. The van der Waals surface area contributed by atoms with Gasteiger partial charge in [-0.15, -0.1) is 0 Å². The summed E-state index contributed by atoms with van der Waals surface area (Å²) in [5.74, 6) is -3.05. The van der Waals surface area contributed by atoms with Crippen LogP contribution < -0.4 is 5.32 Å². The molecule has 184 valence electrons. The Labute approximate surface area is 210 Å². The second-order valence-electron chi connectivity index (χ2n) is 7.92. The average Bonchev–Trinajstić information content (AvgIpc) is 2.80. The largest absolute Gasteiger partial charge is 0.399 e. The first-order valence-electron chi connectivity index (χ1n) is 10.7. The SMILES string of the molecule is CCc1cc(/C=C/C(c2cc(C)c(F)c(Cl)c2)C(F)(F)F)ccc1C(=O)NCc1cccnc1Cl. The van der Waals surface area contributed by atoms with Crippen molar-refractivity contribution in [3.8, 4) is 0 Å². The van der Waals surface area contributed by atoms with Gasteiger partial charge in [0, 0.05) is 23.9 Å². The van der Waals surface area contributed by atoms with Crippen molar-refractivity contribution in [3.05, 3.63) is 104 Å². The number of hydrogen-bond donors (Lipinski definition) is 1. The van der Waals surface area contributed by atoms with Gasteiger partial charge in [-0.2, -0.15) is 13.2 Å². The lowest BCUT2D eigenvalue weighted by Gasteiger charge is -2.18. The van der Waals surface area contributed by atoms with Crippen LogP contribution >= 0.6 is 23.2 Å². The number of benzene rings is 2. The van der Waals surface area contributed by atoms with E-state index in [0.29, 0.717) is 33.8 Å². The van der Waals surface area contributed by atoms with Crippen molar-refractivity contribution in [2.75, 3.05) is 0 Å². The monoisotopic (exact) mass is 524 g/mol. The second-order valence-corrected chi connectivity index (χ2v) is 8.68. The maximum atomic E-state index is 13.8. The summed E-state index contributed by atoms with van der Waals surface area (Å²) in [6.45, 7) is 3.39. The molecule has 0 aliphatic rings. The summed E-state index contributed by atoms with van der Waals surface area (Å²) in [7, 11) is 0. The highest BCUT2D eigenvalue weighted by Crippen LogP contribution is 2.38. The molecule has 0 saturated heterocycles. The average molecular weight is 525 g/mol. The molecule has 1 N–H and O–H groups in total. The molecule has 2 aromatic carbocycles. The molecule has 1 heterocycles. The standard InChI is InChI=1S/C26H22Cl2F4N2O/c1-3-17-12-16(6-8-20(17)25(35)34-14-18-5-4-10-33-24(18)28)7-9-21(26(30,31)32)19-11-15(2)23(29)22(27)13-19/h4-13,21H,3,14H2,1-2H3,(H,34,35)/b9-7+. The van der Waals surface area contributed by atoms with Gasteiger partial charge in [-0.25, -0.2) is 9.37 Å². The highest BCUT2D eigenvalue weighted by atomic mass is 35.5. The summed E-state index contributed by atoms with van der Waals surface area (Å²) >= 11 is 11.8. The van der Waals surface area contributed by atoms with Gasteiger partial charge in [0.25, 0.3) is 5.91 Å². The molecule has 35 heavy (non-hydrogen) atoms. The van der Waals surface area contributed by atoms with E-state index >= 15 is 0 Å². The molecule has 1 unspecified atom stereocenters. The third kappa shape index (κ3) is 6.61. The minimum absolute atomic E-state index is 0.0337. The molecule has 0 fully saturated rings. The molecule has 0 bridgehead atoms. The fourth-order valence-corrected chi connectivity index (χ4v) is 4.06. The first-order valence-corrected chi connectivity index (χ1v) is 11.5. The number of aryl methyl sites for hydroxylation is 2. The van der Waals surface area contributed by atoms with E-state index in [9.17, 15) is 22.4 Å². The van der Waals surface area contributed by atoms with E-state index < -0.39 is 17.9 Å². The highest BCUT2D eigenvalue weighted by Gasteiger charge is 2.39. The van der Waals surface area contributed by atoms with Crippen LogP contribution in [0, 0.1) is 12.7 Å². The van der Waals surface area contributed by atoms with E-state index in [1.807, 2.05) is 6.92 Å². The molecule has 1 aromatic heterocycles. The number of pyridine rings is 1. The third-order valence-corrected chi connectivity index (χ3v) is 6.07. The number of hydrogen-bond acceptors (Lipinski definition) is 2. The summed E-state index contributed by atoms with van der Waals surface area (Å²) in [6.07, 6.45) is -0.230. The fourth-order valence-electron chi connectivity index (χ4n) is 3.60. The van der Waals surface area contributed by atoms with Crippen LogP contribution in [0.5, 0.6) is 0 Å². The summed E-state index contributed by atoms with van der Waals surface area (Å²) in [5, 5.41) is 2.71. The summed E-state index contributed by atoms with van der Waals surface area (Å²) < 4.78 is 55.2. The van der Waals surface area contributed by atoms with Crippen LogP contribution in [-0.2, 0) is 13.0 Å². The Morgan fingerprint density at radius 2 is 1.89 bits per heavy atom. The van der Waals surface area contributed by atoms with Gasteiger partial charge in [0.1, 0.15) is 11.0 Å². The first-order chi connectivity index (χ1) is 16.5. The lowest BCUT2D eigenvalue weighted by Crippen LogP contribution is -2.24. The number of allylic oxidation sites excluding steroid dienone is 1. The maximum absolute atomic E-state index is 13.8. The normalized spacial score (nSPS) is 12.7. The van der Waals surface area contributed by atoms with E-state index in [4.69, 9.17) is 23.2 Å². The van der Waals surface area contributed by atoms with Gasteiger partial charge in [0.2, 0.25) is 0 Å². The third-order valence-electron chi connectivity index (χ3n) is 5.46. The van der Waals surface area contributed by atoms with Gasteiger partial charge in [-0.05, 0) is 53.8 Å². The van der Waals surface area contributed by atoms with E-state index in [1.165, 1.54) is 13.0 Å². The van der Waals surface area contributed by atoms with Crippen molar-refractivity contribution in [1.82, 2.24) is 10.3 Å². The Morgan fingerprint density at radius 1 is 1.14 bits per heavy atom. The lowest BCUT2D eigenvalue weighted by molar-refractivity contribution is -0.139. The topological polar surface area (TPSA) is 42.0 Å².